The average Bonchev–Trinajstić information content (AvgIpc) is 2.99. The number of aryl methyl sites for hydroxylation is 1. The van der Waals surface area contributed by atoms with E-state index in [0.717, 1.165) is 10.1 Å². The molecule has 0 aliphatic carbocycles. The minimum atomic E-state index is -0.457. The monoisotopic (exact) mass is 425 g/mol. The largest absolute Gasteiger partial charge is 0.396 e. The van der Waals surface area contributed by atoms with Crippen LogP contribution in [-0.4, -0.2) is 36.4 Å². The van der Waals surface area contributed by atoms with Crippen molar-refractivity contribution >= 4 is 40.3 Å². The summed E-state index contributed by atoms with van der Waals surface area (Å²) in [6.45, 7) is 2.16. The third kappa shape index (κ3) is 3.67. The molecule has 0 aliphatic heterocycles. The third-order valence-corrected chi connectivity index (χ3v) is 5.22. The van der Waals surface area contributed by atoms with Crippen LogP contribution in [0.5, 0.6) is 0 Å². The maximum atomic E-state index is 12.8. The van der Waals surface area contributed by atoms with Gasteiger partial charge in [0.2, 0.25) is 5.95 Å². The maximum Gasteiger partial charge on any atom is 0.332 e. The highest BCUT2D eigenvalue weighted by atomic mass is 35.5. The first kappa shape index (κ1) is 20.4. The van der Waals surface area contributed by atoms with Crippen molar-refractivity contribution in [3.8, 4) is 0 Å². The lowest BCUT2D eigenvalue weighted by atomic mass is 10.2. The molecule has 1 atom stereocenters. The molecule has 0 fully saturated rings. The number of aliphatic hydroxyl groups is 1. The highest BCUT2D eigenvalue weighted by Gasteiger charge is 2.21. The lowest BCUT2D eigenvalue weighted by Crippen LogP contribution is -2.37. The molecule has 0 aliphatic rings. The number of rotatable bonds is 6. The highest BCUT2D eigenvalue weighted by Crippen LogP contribution is 2.25. The van der Waals surface area contributed by atoms with Gasteiger partial charge in [-0.3, -0.25) is 18.5 Å². The van der Waals surface area contributed by atoms with E-state index >= 15 is 0 Å². The van der Waals surface area contributed by atoms with Crippen LogP contribution < -0.4 is 16.6 Å². The number of aliphatic hydroxyl groups excluding tert-OH is 1. The molecule has 3 rings (SSSR count). The lowest BCUT2D eigenvalue weighted by molar-refractivity contribution is 0.282. The van der Waals surface area contributed by atoms with Gasteiger partial charge in [-0.05, 0) is 31.0 Å². The molecule has 2 N–H and O–H groups in total. The van der Waals surface area contributed by atoms with Gasteiger partial charge in [0.25, 0.3) is 5.56 Å². The second kappa shape index (κ2) is 7.98. The van der Waals surface area contributed by atoms with Gasteiger partial charge < -0.3 is 10.4 Å². The lowest BCUT2D eigenvalue weighted by Gasteiger charge is -2.16. The van der Waals surface area contributed by atoms with Crippen molar-refractivity contribution in [2.75, 3.05) is 11.9 Å². The molecule has 0 radical (unpaired) electrons. The Morgan fingerprint density at radius 2 is 1.93 bits per heavy atom. The van der Waals surface area contributed by atoms with Crippen LogP contribution in [0.3, 0.4) is 0 Å². The van der Waals surface area contributed by atoms with Crippen LogP contribution in [0.15, 0.2) is 27.8 Å². The molecule has 10 heteroatoms. The van der Waals surface area contributed by atoms with Crippen LogP contribution in [0.4, 0.5) is 5.95 Å². The van der Waals surface area contributed by atoms with Gasteiger partial charge in [0.1, 0.15) is 0 Å². The first-order valence-electron chi connectivity index (χ1n) is 8.72. The molecule has 2 heterocycles. The van der Waals surface area contributed by atoms with E-state index in [9.17, 15) is 14.7 Å². The van der Waals surface area contributed by atoms with Crippen molar-refractivity contribution in [2.24, 2.45) is 14.1 Å². The predicted octanol–water partition coefficient (Wildman–Crippen LogP) is 1.97. The summed E-state index contributed by atoms with van der Waals surface area (Å²) in [5.41, 5.74) is 0.408. The minimum absolute atomic E-state index is 0.0116. The average molecular weight is 426 g/mol. The van der Waals surface area contributed by atoms with Crippen molar-refractivity contribution < 1.29 is 5.11 Å². The Morgan fingerprint density at radius 1 is 1.21 bits per heavy atom. The molecule has 0 saturated heterocycles. The van der Waals surface area contributed by atoms with Crippen LogP contribution in [0.1, 0.15) is 18.9 Å². The van der Waals surface area contributed by atoms with Gasteiger partial charge in [0, 0.05) is 36.8 Å². The van der Waals surface area contributed by atoms with E-state index in [2.05, 4.69) is 10.3 Å². The highest BCUT2D eigenvalue weighted by molar-refractivity contribution is 6.35. The summed E-state index contributed by atoms with van der Waals surface area (Å²) in [4.78, 5) is 29.6. The van der Waals surface area contributed by atoms with Gasteiger partial charge in [-0.1, -0.05) is 29.3 Å². The van der Waals surface area contributed by atoms with Gasteiger partial charge >= 0.3 is 5.69 Å². The molecule has 8 nitrogen and oxygen atoms in total. The minimum Gasteiger partial charge on any atom is -0.396 e. The van der Waals surface area contributed by atoms with Crippen molar-refractivity contribution in [1.29, 1.82) is 0 Å². The second-order valence-corrected chi connectivity index (χ2v) is 7.54. The summed E-state index contributed by atoms with van der Waals surface area (Å²) in [7, 11) is 3.00. The Morgan fingerprint density at radius 3 is 2.57 bits per heavy atom. The number of nitrogens with zero attached hydrogens (tertiary/aromatic N) is 4. The van der Waals surface area contributed by atoms with Crippen molar-refractivity contribution in [3.05, 3.63) is 54.6 Å². The first-order chi connectivity index (χ1) is 13.2. The smallest absolute Gasteiger partial charge is 0.332 e. The van der Waals surface area contributed by atoms with Crippen molar-refractivity contribution in [2.45, 2.75) is 25.9 Å². The number of benzene rings is 1. The predicted molar refractivity (Wildman–Crippen MR) is 111 cm³/mol. The number of aromatic nitrogens is 4. The molecule has 0 bridgehead atoms. The Balaban J connectivity index is 2.24. The number of anilines is 1. The second-order valence-electron chi connectivity index (χ2n) is 6.69. The number of halogens is 2. The molecule has 28 heavy (non-hydrogen) atoms. The summed E-state index contributed by atoms with van der Waals surface area (Å²) in [5, 5.41) is 13.4. The zero-order chi connectivity index (χ0) is 20.6. The van der Waals surface area contributed by atoms with E-state index in [1.54, 1.807) is 29.8 Å². The SMILES string of the molecule is C[C@H](CCO)Nc1nc2c(c(=O)n(C)c(=O)n2C)n1Cc1ccc(Cl)cc1Cl. The van der Waals surface area contributed by atoms with Gasteiger partial charge in [0.05, 0.1) is 6.54 Å². The molecular weight excluding hydrogens is 405 g/mol. The van der Waals surface area contributed by atoms with Crippen LogP contribution >= 0.6 is 23.2 Å². The molecule has 150 valence electrons. The molecule has 1 aromatic carbocycles. The first-order valence-corrected chi connectivity index (χ1v) is 9.47. The van der Waals surface area contributed by atoms with Crippen molar-refractivity contribution in [3.63, 3.8) is 0 Å². The summed E-state index contributed by atoms with van der Waals surface area (Å²) in [5.74, 6) is 0.417. The fourth-order valence-corrected chi connectivity index (χ4v) is 3.49. The summed E-state index contributed by atoms with van der Waals surface area (Å²) >= 11 is 12.3. The topological polar surface area (TPSA) is 94.1 Å². The van der Waals surface area contributed by atoms with Gasteiger partial charge in [-0.15, -0.1) is 0 Å². The summed E-state index contributed by atoms with van der Waals surface area (Å²) in [6, 6.07) is 5.04. The number of fused-ring (bicyclic) bond motifs is 1. The van der Waals surface area contributed by atoms with E-state index in [1.165, 1.54) is 11.6 Å². The summed E-state index contributed by atoms with van der Waals surface area (Å²) in [6.07, 6.45) is 0.502. The van der Waals surface area contributed by atoms with E-state index in [4.69, 9.17) is 23.2 Å². The zero-order valence-corrected chi connectivity index (χ0v) is 17.3. The zero-order valence-electron chi connectivity index (χ0n) is 15.7. The maximum absolute atomic E-state index is 12.8. The molecule has 3 aromatic rings. The molecule has 0 unspecified atom stereocenters. The van der Waals surface area contributed by atoms with Gasteiger partial charge in [0.15, 0.2) is 11.2 Å². The Hall–Kier alpha value is -2.29. The molecule has 0 saturated carbocycles. The molecule has 0 amide bonds. The van der Waals surface area contributed by atoms with E-state index in [1.807, 2.05) is 6.92 Å². The van der Waals surface area contributed by atoms with Crippen LogP contribution in [-0.2, 0) is 20.6 Å². The van der Waals surface area contributed by atoms with Crippen molar-refractivity contribution in [1.82, 2.24) is 18.7 Å². The van der Waals surface area contributed by atoms with Crippen LogP contribution in [0.2, 0.25) is 10.0 Å². The molecule has 0 spiro atoms. The number of hydrogen-bond acceptors (Lipinski definition) is 5. The van der Waals surface area contributed by atoms with E-state index in [0.29, 0.717) is 22.4 Å². The Labute approximate surface area is 170 Å². The van der Waals surface area contributed by atoms with Gasteiger partial charge in [-0.25, -0.2) is 4.79 Å². The third-order valence-electron chi connectivity index (χ3n) is 4.63. The number of imidazole rings is 1. The standard InChI is InChI=1S/C18H21Cl2N5O3/c1-10(6-7-26)21-17-22-15-14(16(27)24(3)18(28)23(15)2)25(17)9-11-4-5-12(19)8-13(11)20/h4-5,8,10,26H,6-7,9H2,1-3H3,(H,21,22)/t10-/m1/s1. The fraction of sp³-hybridized carbons (Fsp3) is 0.389. The summed E-state index contributed by atoms with van der Waals surface area (Å²) < 4.78 is 4.07. The van der Waals surface area contributed by atoms with Gasteiger partial charge in [-0.2, -0.15) is 4.98 Å². The normalized spacial score (nSPS) is 12.5. The molecule has 2 aromatic heterocycles. The van der Waals surface area contributed by atoms with Crippen LogP contribution in [0.25, 0.3) is 11.2 Å². The quantitative estimate of drug-likeness (QED) is 0.629. The fourth-order valence-electron chi connectivity index (χ4n) is 3.02. The Bertz CT molecular complexity index is 1150. The molecular formula is C18H21Cl2N5O3. The number of nitrogens with one attached hydrogen (secondary N) is 1. The number of hydrogen-bond donors (Lipinski definition) is 2. The van der Waals surface area contributed by atoms with Crippen LogP contribution in [0, 0.1) is 0 Å². The van der Waals surface area contributed by atoms with E-state index in [-0.39, 0.29) is 30.4 Å². The van der Waals surface area contributed by atoms with E-state index < -0.39 is 11.2 Å². The Kier molecular flexibility index (Phi) is 5.83.